The highest BCUT2D eigenvalue weighted by atomic mass is 79.9. The summed E-state index contributed by atoms with van der Waals surface area (Å²) in [5.74, 6) is 0.0793. The maximum absolute atomic E-state index is 11.5. The lowest BCUT2D eigenvalue weighted by Crippen LogP contribution is -2.31. The molecule has 14 heavy (non-hydrogen) atoms. The number of aromatic nitrogens is 1. The molecule has 1 amide bonds. The monoisotopic (exact) mass is 276 g/mol. The van der Waals surface area contributed by atoms with Crippen molar-refractivity contribution in [1.82, 2.24) is 9.88 Å². The molecule has 0 spiro atoms. The number of alkyl halides is 1. The van der Waals surface area contributed by atoms with Crippen LogP contribution in [0, 0.1) is 6.92 Å². The number of rotatable bonds is 3. The summed E-state index contributed by atoms with van der Waals surface area (Å²) in [6, 6.07) is 0. The molecule has 1 heterocycles. The molecule has 5 heteroatoms. The molecule has 1 aromatic rings. The van der Waals surface area contributed by atoms with Gasteiger partial charge >= 0.3 is 0 Å². The van der Waals surface area contributed by atoms with Crippen LogP contribution in [-0.4, -0.2) is 27.7 Å². The second kappa shape index (κ2) is 4.89. The third-order valence-electron chi connectivity index (χ3n) is 1.78. The number of thiazole rings is 1. The van der Waals surface area contributed by atoms with Gasteiger partial charge in [-0.3, -0.25) is 4.79 Å². The maximum Gasteiger partial charge on any atom is 0.236 e. The van der Waals surface area contributed by atoms with Gasteiger partial charge in [0.1, 0.15) is 0 Å². The van der Waals surface area contributed by atoms with E-state index in [1.165, 1.54) is 0 Å². The van der Waals surface area contributed by atoms with Gasteiger partial charge in [0, 0.05) is 12.4 Å². The first-order valence-electron chi connectivity index (χ1n) is 4.30. The lowest BCUT2D eigenvalue weighted by molar-refractivity contribution is -0.129. The summed E-state index contributed by atoms with van der Waals surface area (Å²) in [4.78, 5) is 17.4. The predicted molar refractivity (Wildman–Crippen MR) is 61.7 cm³/mol. The summed E-state index contributed by atoms with van der Waals surface area (Å²) < 4.78 is 0. The van der Waals surface area contributed by atoms with E-state index in [2.05, 4.69) is 20.9 Å². The van der Waals surface area contributed by atoms with Crippen LogP contribution in [0.15, 0.2) is 5.38 Å². The molecule has 1 aromatic heterocycles. The van der Waals surface area contributed by atoms with Gasteiger partial charge in [0.2, 0.25) is 5.91 Å². The Hall–Kier alpha value is -0.420. The Labute approximate surface area is 96.3 Å². The fraction of sp³-hybridized carbons (Fsp3) is 0.556. The van der Waals surface area contributed by atoms with Gasteiger partial charge in [0.05, 0.1) is 22.1 Å². The first kappa shape index (κ1) is 11.7. The van der Waals surface area contributed by atoms with Crippen LogP contribution >= 0.6 is 27.3 Å². The van der Waals surface area contributed by atoms with Crippen molar-refractivity contribution in [2.75, 3.05) is 7.05 Å². The van der Waals surface area contributed by atoms with Crippen LogP contribution < -0.4 is 0 Å². The van der Waals surface area contributed by atoms with Crippen molar-refractivity contribution in [2.24, 2.45) is 0 Å². The number of hydrogen-bond acceptors (Lipinski definition) is 3. The zero-order valence-electron chi connectivity index (χ0n) is 8.45. The van der Waals surface area contributed by atoms with Gasteiger partial charge in [0.25, 0.3) is 0 Å². The molecule has 1 atom stereocenters. The van der Waals surface area contributed by atoms with Crippen molar-refractivity contribution in [3.05, 3.63) is 16.1 Å². The molecule has 0 saturated carbocycles. The van der Waals surface area contributed by atoms with E-state index in [0.29, 0.717) is 6.54 Å². The molecule has 0 fully saturated rings. The zero-order chi connectivity index (χ0) is 10.7. The van der Waals surface area contributed by atoms with Gasteiger partial charge < -0.3 is 4.90 Å². The maximum atomic E-state index is 11.5. The highest BCUT2D eigenvalue weighted by Crippen LogP contribution is 2.11. The minimum absolute atomic E-state index is 0.0793. The smallest absolute Gasteiger partial charge is 0.236 e. The summed E-state index contributed by atoms with van der Waals surface area (Å²) in [5, 5.41) is 3.02. The number of nitrogens with zero attached hydrogens (tertiary/aromatic N) is 2. The van der Waals surface area contributed by atoms with E-state index in [-0.39, 0.29) is 10.7 Å². The molecular weight excluding hydrogens is 264 g/mol. The van der Waals surface area contributed by atoms with Gasteiger partial charge in [-0.1, -0.05) is 15.9 Å². The first-order valence-corrected chi connectivity index (χ1v) is 6.10. The summed E-state index contributed by atoms with van der Waals surface area (Å²) >= 11 is 4.86. The molecule has 0 aromatic carbocycles. The molecule has 0 aliphatic heterocycles. The van der Waals surface area contributed by atoms with Gasteiger partial charge in [-0.15, -0.1) is 11.3 Å². The average molecular weight is 277 g/mol. The van der Waals surface area contributed by atoms with Gasteiger partial charge in [0.15, 0.2) is 0 Å². The highest BCUT2D eigenvalue weighted by Gasteiger charge is 2.15. The van der Waals surface area contributed by atoms with Crippen LogP contribution in [0.3, 0.4) is 0 Å². The Balaban J connectivity index is 2.57. The lowest BCUT2D eigenvalue weighted by Gasteiger charge is -2.17. The fourth-order valence-corrected chi connectivity index (χ4v) is 2.06. The molecule has 0 aliphatic carbocycles. The standard InChI is InChI=1S/C9H13BrN2OS/c1-6(10)9(13)12(3)4-8-5-14-7(2)11-8/h5-6H,4H2,1-3H3. The van der Waals surface area contributed by atoms with E-state index < -0.39 is 0 Å². The summed E-state index contributed by atoms with van der Waals surface area (Å²) in [6.45, 7) is 4.37. The second-order valence-electron chi connectivity index (χ2n) is 3.17. The Bertz CT molecular complexity index is 324. The van der Waals surface area contributed by atoms with Crippen molar-refractivity contribution >= 4 is 33.2 Å². The molecule has 0 aliphatic rings. The molecule has 0 N–H and O–H groups in total. The molecule has 78 valence electrons. The van der Waals surface area contributed by atoms with Crippen LogP contribution in [0.5, 0.6) is 0 Å². The Morgan fingerprint density at radius 2 is 2.43 bits per heavy atom. The quantitative estimate of drug-likeness (QED) is 0.793. The van der Waals surface area contributed by atoms with Crippen molar-refractivity contribution < 1.29 is 4.79 Å². The molecule has 1 unspecified atom stereocenters. The third-order valence-corrected chi connectivity index (χ3v) is 3.00. The first-order chi connectivity index (χ1) is 6.50. The van der Waals surface area contributed by atoms with Gasteiger partial charge in [-0.2, -0.15) is 0 Å². The number of halogens is 1. The second-order valence-corrected chi connectivity index (χ2v) is 5.60. The van der Waals surface area contributed by atoms with Crippen molar-refractivity contribution in [1.29, 1.82) is 0 Å². The largest absolute Gasteiger partial charge is 0.339 e. The van der Waals surface area contributed by atoms with Crippen LogP contribution in [0.25, 0.3) is 0 Å². The Kier molecular flexibility index (Phi) is 4.07. The number of hydrogen-bond donors (Lipinski definition) is 0. The van der Waals surface area contributed by atoms with Crippen molar-refractivity contribution in [3.63, 3.8) is 0 Å². The minimum Gasteiger partial charge on any atom is -0.339 e. The number of amides is 1. The van der Waals surface area contributed by atoms with Crippen LogP contribution in [0.4, 0.5) is 0 Å². The fourth-order valence-electron chi connectivity index (χ4n) is 1.11. The summed E-state index contributed by atoms with van der Waals surface area (Å²) in [7, 11) is 1.79. The molecule has 0 saturated heterocycles. The number of aryl methyl sites for hydroxylation is 1. The third kappa shape index (κ3) is 3.06. The van der Waals surface area contributed by atoms with E-state index in [1.54, 1.807) is 23.3 Å². The topological polar surface area (TPSA) is 33.2 Å². The lowest BCUT2D eigenvalue weighted by atomic mass is 10.4. The molecule has 3 nitrogen and oxygen atoms in total. The van der Waals surface area contributed by atoms with E-state index in [0.717, 1.165) is 10.7 Å². The molecular formula is C9H13BrN2OS. The van der Waals surface area contributed by atoms with Crippen molar-refractivity contribution in [3.8, 4) is 0 Å². The average Bonchev–Trinajstić information content (AvgIpc) is 2.49. The van der Waals surface area contributed by atoms with E-state index >= 15 is 0 Å². The SMILES string of the molecule is Cc1nc(CN(C)C(=O)C(C)Br)cs1. The minimum atomic E-state index is -0.132. The zero-order valence-corrected chi connectivity index (χ0v) is 10.9. The molecule has 0 radical (unpaired) electrons. The number of carbonyl (C=O) groups excluding carboxylic acids is 1. The Morgan fingerprint density at radius 3 is 2.86 bits per heavy atom. The van der Waals surface area contributed by atoms with E-state index in [1.807, 2.05) is 19.2 Å². The molecule has 0 bridgehead atoms. The van der Waals surface area contributed by atoms with E-state index in [4.69, 9.17) is 0 Å². The van der Waals surface area contributed by atoms with Crippen LogP contribution in [-0.2, 0) is 11.3 Å². The number of carbonyl (C=O) groups is 1. The normalized spacial score (nSPS) is 12.6. The highest BCUT2D eigenvalue weighted by molar-refractivity contribution is 9.10. The van der Waals surface area contributed by atoms with Crippen LogP contribution in [0.1, 0.15) is 17.6 Å². The van der Waals surface area contributed by atoms with Gasteiger partial charge in [-0.25, -0.2) is 4.98 Å². The van der Waals surface area contributed by atoms with E-state index in [9.17, 15) is 4.79 Å². The summed E-state index contributed by atoms with van der Waals surface area (Å²) in [5.41, 5.74) is 0.955. The van der Waals surface area contributed by atoms with Crippen LogP contribution in [0.2, 0.25) is 0 Å². The molecule has 1 rings (SSSR count). The van der Waals surface area contributed by atoms with Crippen molar-refractivity contribution in [2.45, 2.75) is 25.2 Å². The summed E-state index contributed by atoms with van der Waals surface area (Å²) in [6.07, 6.45) is 0. The van der Waals surface area contributed by atoms with Gasteiger partial charge in [-0.05, 0) is 13.8 Å². The predicted octanol–water partition coefficient (Wildman–Crippen LogP) is 2.19. The Morgan fingerprint density at radius 1 is 1.79 bits per heavy atom.